The Kier molecular flexibility index (Phi) is 3.11. The van der Waals surface area contributed by atoms with E-state index in [1.54, 1.807) is 0 Å². The molecule has 0 aliphatic heterocycles. The first-order valence-electron chi connectivity index (χ1n) is 4.84. The molecule has 1 N–H and O–H groups in total. The van der Waals surface area contributed by atoms with Gasteiger partial charge in [-0.25, -0.2) is 0 Å². The Morgan fingerprint density at radius 1 is 1.42 bits per heavy atom. The first-order chi connectivity index (χ1) is 5.43. The monoisotopic (exact) mass is 188 g/mol. The molecule has 0 saturated heterocycles. The molecule has 12 heavy (non-hydrogen) atoms. The molecule has 1 saturated carbocycles. The summed E-state index contributed by atoms with van der Waals surface area (Å²) >= 11 is 4.52. The average Bonchev–Trinajstić information content (AvgIpc) is 1.94. The molecule has 2 heteroatoms. The molecule has 72 valence electrons. The van der Waals surface area contributed by atoms with E-state index in [0.29, 0.717) is 0 Å². The second-order valence-corrected chi connectivity index (χ2v) is 5.68. The van der Waals surface area contributed by atoms with Crippen LogP contribution in [0.25, 0.3) is 0 Å². The molecule has 0 spiro atoms. The van der Waals surface area contributed by atoms with Gasteiger partial charge in [-0.15, -0.1) is 0 Å². The van der Waals surface area contributed by atoms with Crippen molar-refractivity contribution < 1.29 is 5.11 Å². The maximum atomic E-state index is 9.66. The lowest BCUT2D eigenvalue weighted by Gasteiger charge is -2.40. The fraction of sp³-hybridized carbons (Fsp3) is 1.00. The van der Waals surface area contributed by atoms with Gasteiger partial charge in [0.1, 0.15) is 0 Å². The van der Waals surface area contributed by atoms with Gasteiger partial charge in [0.2, 0.25) is 0 Å². The van der Waals surface area contributed by atoms with Gasteiger partial charge in [0.05, 0.1) is 6.10 Å². The summed E-state index contributed by atoms with van der Waals surface area (Å²) in [7, 11) is 0. The van der Waals surface area contributed by atoms with Crippen LogP contribution in [0.4, 0.5) is 0 Å². The summed E-state index contributed by atoms with van der Waals surface area (Å²) in [6.07, 6.45) is 2.92. The SMILES string of the molecule is CC(C)[C@@H]1CC[C@H](O)[C@@](C)(S)C1. The summed E-state index contributed by atoms with van der Waals surface area (Å²) in [5.74, 6) is 1.47. The van der Waals surface area contributed by atoms with Crippen molar-refractivity contribution in [2.75, 3.05) is 0 Å². The summed E-state index contributed by atoms with van der Waals surface area (Å²) in [6.45, 7) is 6.56. The maximum Gasteiger partial charge on any atom is 0.0681 e. The summed E-state index contributed by atoms with van der Waals surface area (Å²) in [5, 5.41) is 9.66. The van der Waals surface area contributed by atoms with Crippen LogP contribution in [0.3, 0.4) is 0 Å². The van der Waals surface area contributed by atoms with Crippen molar-refractivity contribution in [3.05, 3.63) is 0 Å². The zero-order valence-corrected chi connectivity index (χ0v) is 9.14. The second kappa shape index (κ2) is 3.59. The summed E-state index contributed by atoms with van der Waals surface area (Å²) in [5.41, 5.74) is 0. The van der Waals surface area contributed by atoms with Crippen molar-refractivity contribution in [3.63, 3.8) is 0 Å². The van der Waals surface area contributed by atoms with Crippen molar-refractivity contribution in [2.24, 2.45) is 11.8 Å². The minimum atomic E-state index is -0.212. The van der Waals surface area contributed by atoms with Crippen molar-refractivity contribution in [1.82, 2.24) is 0 Å². The van der Waals surface area contributed by atoms with Crippen molar-refractivity contribution in [3.8, 4) is 0 Å². The first kappa shape index (κ1) is 10.4. The van der Waals surface area contributed by atoms with Crippen molar-refractivity contribution >= 4 is 12.6 Å². The van der Waals surface area contributed by atoms with E-state index >= 15 is 0 Å². The van der Waals surface area contributed by atoms with Gasteiger partial charge >= 0.3 is 0 Å². The van der Waals surface area contributed by atoms with Crippen LogP contribution in [-0.4, -0.2) is 16.0 Å². The molecule has 0 aromatic heterocycles. The molecule has 0 aromatic rings. The highest BCUT2D eigenvalue weighted by Gasteiger charge is 2.37. The van der Waals surface area contributed by atoms with Crippen LogP contribution >= 0.6 is 12.6 Å². The minimum Gasteiger partial charge on any atom is -0.392 e. The molecule has 1 fully saturated rings. The lowest BCUT2D eigenvalue weighted by atomic mass is 9.75. The largest absolute Gasteiger partial charge is 0.392 e. The van der Waals surface area contributed by atoms with Crippen LogP contribution in [0.1, 0.15) is 40.0 Å². The Balaban J connectivity index is 2.57. The summed E-state index contributed by atoms with van der Waals surface area (Å²) < 4.78 is -0.160. The Labute approximate surface area is 81.0 Å². The van der Waals surface area contributed by atoms with E-state index in [1.165, 1.54) is 0 Å². The fourth-order valence-electron chi connectivity index (χ4n) is 2.02. The quantitative estimate of drug-likeness (QED) is 0.606. The molecule has 0 amide bonds. The lowest BCUT2D eigenvalue weighted by Crippen LogP contribution is -2.41. The Hall–Kier alpha value is 0.310. The van der Waals surface area contributed by atoms with E-state index in [4.69, 9.17) is 0 Å². The smallest absolute Gasteiger partial charge is 0.0681 e. The van der Waals surface area contributed by atoms with Crippen molar-refractivity contribution in [1.29, 1.82) is 0 Å². The third-order valence-electron chi connectivity index (χ3n) is 3.15. The molecule has 0 unspecified atom stereocenters. The predicted molar refractivity (Wildman–Crippen MR) is 55.6 cm³/mol. The third kappa shape index (κ3) is 2.17. The number of hydrogen-bond acceptors (Lipinski definition) is 2. The van der Waals surface area contributed by atoms with Gasteiger partial charge < -0.3 is 5.11 Å². The van der Waals surface area contributed by atoms with Crippen LogP contribution in [0, 0.1) is 11.8 Å². The predicted octanol–water partition coefficient (Wildman–Crippen LogP) is 2.49. The highest BCUT2D eigenvalue weighted by atomic mass is 32.1. The van der Waals surface area contributed by atoms with Gasteiger partial charge in [-0.05, 0) is 38.0 Å². The molecule has 0 aromatic carbocycles. The third-order valence-corrected chi connectivity index (χ3v) is 3.63. The van der Waals surface area contributed by atoms with Gasteiger partial charge in [-0.1, -0.05) is 13.8 Å². The topological polar surface area (TPSA) is 20.2 Å². The van der Waals surface area contributed by atoms with Gasteiger partial charge in [0, 0.05) is 4.75 Å². The van der Waals surface area contributed by atoms with E-state index in [9.17, 15) is 5.11 Å². The molecule has 0 heterocycles. The van der Waals surface area contributed by atoms with Crippen LogP contribution in [-0.2, 0) is 0 Å². The average molecular weight is 188 g/mol. The molecular weight excluding hydrogens is 168 g/mol. The fourth-order valence-corrected chi connectivity index (χ4v) is 2.38. The van der Waals surface area contributed by atoms with Crippen molar-refractivity contribution in [2.45, 2.75) is 50.9 Å². The van der Waals surface area contributed by atoms with E-state index in [0.717, 1.165) is 31.1 Å². The molecule has 0 radical (unpaired) electrons. The molecule has 3 atom stereocenters. The van der Waals surface area contributed by atoms with E-state index in [-0.39, 0.29) is 10.9 Å². The Morgan fingerprint density at radius 3 is 2.42 bits per heavy atom. The van der Waals surface area contributed by atoms with Gasteiger partial charge in [0.15, 0.2) is 0 Å². The number of hydrogen-bond donors (Lipinski definition) is 2. The molecular formula is C10H20OS. The number of aliphatic hydroxyl groups is 1. The highest BCUT2D eigenvalue weighted by Crippen LogP contribution is 2.39. The maximum absolute atomic E-state index is 9.66. The Bertz CT molecular complexity index is 154. The van der Waals surface area contributed by atoms with Crippen LogP contribution in [0.2, 0.25) is 0 Å². The normalized spacial score (nSPS) is 43.5. The van der Waals surface area contributed by atoms with Crippen LogP contribution < -0.4 is 0 Å². The van der Waals surface area contributed by atoms with Gasteiger partial charge in [-0.2, -0.15) is 12.6 Å². The lowest BCUT2D eigenvalue weighted by molar-refractivity contribution is 0.0661. The molecule has 0 bridgehead atoms. The molecule has 1 nitrogen and oxygen atoms in total. The summed E-state index contributed by atoms with van der Waals surface area (Å²) in [4.78, 5) is 0. The highest BCUT2D eigenvalue weighted by molar-refractivity contribution is 7.81. The summed E-state index contributed by atoms with van der Waals surface area (Å²) in [6, 6.07) is 0. The van der Waals surface area contributed by atoms with Gasteiger partial charge in [-0.3, -0.25) is 0 Å². The minimum absolute atomic E-state index is 0.160. The standard InChI is InChI=1S/C10H20OS/c1-7(2)8-4-5-9(11)10(3,12)6-8/h7-9,11-12H,4-6H2,1-3H3/t8-,9+,10+/m1/s1. The second-order valence-electron chi connectivity index (χ2n) is 4.66. The van der Waals surface area contributed by atoms with E-state index < -0.39 is 0 Å². The van der Waals surface area contributed by atoms with Crippen LogP contribution in [0.15, 0.2) is 0 Å². The number of rotatable bonds is 1. The number of thiol groups is 1. The van der Waals surface area contributed by atoms with E-state index in [2.05, 4.69) is 33.4 Å². The number of aliphatic hydroxyl groups excluding tert-OH is 1. The molecule has 1 aliphatic carbocycles. The zero-order valence-electron chi connectivity index (χ0n) is 8.25. The van der Waals surface area contributed by atoms with Gasteiger partial charge in [0.25, 0.3) is 0 Å². The van der Waals surface area contributed by atoms with E-state index in [1.807, 2.05) is 0 Å². The Morgan fingerprint density at radius 2 is 2.00 bits per heavy atom. The molecule has 1 rings (SSSR count). The first-order valence-corrected chi connectivity index (χ1v) is 5.28. The van der Waals surface area contributed by atoms with Crippen LogP contribution in [0.5, 0.6) is 0 Å². The molecule has 1 aliphatic rings. The zero-order chi connectivity index (χ0) is 9.35.